The summed E-state index contributed by atoms with van der Waals surface area (Å²) >= 11 is 0. The van der Waals surface area contributed by atoms with Crippen LogP contribution in [-0.2, 0) is 0 Å². The molecule has 2 heteroatoms. The van der Waals surface area contributed by atoms with Gasteiger partial charge in [-0.3, -0.25) is 4.98 Å². The van der Waals surface area contributed by atoms with Gasteiger partial charge in [-0.1, -0.05) is 12.1 Å². The number of hydrogen-bond donors (Lipinski definition) is 0. The minimum Gasteiger partial charge on any atom is -0.261 e. The van der Waals surface area contributed by atoms with E-state index in [0.29, 0.717) is 5.56 Å². The van der Waals surface area contributed by atoms with E-state index < -0.39 is 0 Å². The van der Waals surface area contributed by atoms with Crippen molar-refractivity contribution in [2.75, 3.05) is 0 Å². The number of benzene rings is 1. The molecule has 2 rings (SSSR count). The van der Waals surface area contributed by atoms with Gasteiger partial charge in [0.1, 0.15) is 0 Å². The maximum absolute atomic E-state index is 8.90. The van der Waals surface area contributed by atoms with Crippen LogP contribution in [0.15, 0.2) is 36.5 Å². The van der Waals surface area contributed by atoms with Gasteiger partial charge in [-0.2, -0.15) is 5.26 Å². The number of nitrogens with zero attached hydrogens (tertiary/aromatic N) is 2. The highest BCUT2D eigenvalue weighted by atomic mass is 14.7. The maximum atomic E-state index is 8.90. The lowest BCUT2D eigenvalue weighted by Crippen LogP contribution is -1.90. The zero-order valence-electron chi connectivity index (χ0n) is 9.36. The van der Waals surface area contributed by atoms with E-state index in [-0.39, 0.29) is 0 Å². The Kier molecular flexibility index (Phi) is 2.70. The first kappa shape index (κ1) is 10.4. The molecule has 1 aromatic carbocycles. The van der Waals surface area contributed by atoms with Crippen molar-refractivity contribution in [1.82, 2.24) is 4.98 Å². The summed E-state index contributed by atoms with van der Waals surface area (Å²) in [5, 5.41) is 8.90. The fourth-order valence-corrected chi connectivity index (χ4v) is 1.75. The number of pyridine rings is 1. The van der Waals surface area contributed by atoms with E-state index in [1.54, 1.807) is 6.20 Å². The summed E-state index contributed by atoms with van der Waals surface area (Å²) in [4.78, 5) is 4.27. The van der Waals surface area contributed by atoms with Crippen LogP contribution >= 0.6 is 0 Å². The van der Waals surface area contributed by atoms with Gasteiger partial charge < -0.3 is 0 Å². The molecular weight excluding hydrogens is 196 g/mol. The van der Waals surface area contributed by atoms with Crippen molar-refractivity contribution in [3.63, 3.8) is 0 Å². The van der Waals surface area contributed by atoms with Gasteiger partial charge in [-0.05, 0) is 43.2 Å². The van der Waals surface area contributed by atoms with Crippen LogP contribution in [0.25, 0.3) is 11.1 Å². The summed E-state index contributed by atoms with van der Waals surface area (Å²) in [5.41, 5.74) is 5.02. The Morgan fingerprint density at radius 1 is 1.12 bits per heavy atom. The minimum atomic E-state index is 0.684. The molecule has 2 nitrogen and oxygen atoms in total. The monoisotopic (exact) mass is 208 g/mol. The molecule has 0 saturated carbocycles. The van der Waals surface area contributed by atoms with Crippen molar-refractivity contribution in [2.45, 2.75) is 13.8 Å². The Bertz CT molecular complexity index is 565. The van der Waals surface area contributed by atoms with Gasteiger partial charge in [0, 0.05) is 17.5 Å². The molecule has 16 heavy (non-hydrogen) atoms. The smallest absolute Gasteiger partial charge is 0.0991 e. The SMILES string of the molecule is Cc1ccc(C#N)cc1-c1cccnc1C. The van der Waals surface area contributed by atoms with Crippen molar-refractivity contribution in [3.8, 4) is 17.2 Å². The average Bonchev–Trinajstić information content (AvgIpc) is 2.31. The lowest BCUT2D eigenvalue weighted by molar-refractivity contribution is 1.20. The van der Waals surface area contributed by atoms with Gasteiger partial charge in [-0.15, -0.1) is 0 Å². The third-order valence-electron chi connectivity index (χ3n) is 2.66. The van der Waals surface area contributed by atoms with Crippen molar-refractivity contribution in [3.05, 3.63) is 53.3 Å². The summed E-state index contributed by atoms with van der Waals surface area (Å²) in [5.74, 6) is 0. The average molecular weight is 208 g/mol. The third-order valence-corrected chi connectivity index (χ3v) is 2.66. The molecule has 0 aliphatic rings. The normalized spacial score (nSPS) is 9.81. The fraction of sp³-hybridized carbons (Fsp3) is 0.143. The van der Waals surface area contributed by atoms with Crippen LogP contribution in [0.1, 0.15) is 16.8 Å². The molecule has 0 saturated heterocycles. The zero-order chi connectivity index (χ0) is 11.5. The van der Waals surface area contributed by atoms with E-state index in [9.17, 15) is 0 Å². The highest BCUT2D eigenvalue weighted by Gasteiger charge is 2.06. The number of aromatic nitrogens is 1. The first-order valence-electron chi connectivity index (χ1n) is 5.15. The molecule has 1 heterocycles. The molecule has 0 N–H and O–H groups in total. The summed E-state index contributed by atoms with van der Waals surface area (Å²) < 4.78 is 0. The summed E-state index contributed by atoms with van der Waals surface area (Å²) in [7, 11) is 0. The largest absolute Gasteiger partial charge is 0.261 e. The molecule has 0 atom stereocenters. The Balaban J connectivity index is 2.65. The van der Waals surface area contributed by atoms with Gasteiger partial charge in [0.05, 0.1) is 11.6 Å². The molecule has 0 amide bonds. The van der Waals surface area contributed by atoms with E-state index in [2.05, 4.69) is 11.1 Å². The van der Waals surface area contributed by atoms with Crippen LogP contribution in [0.3, 0.4) is 0 Å². The first-order valence-corrected chi connectivity index (χ1v) is 5.15. The van der Waals surface area contributed by atoms with E-state index in [1.165, 1.54) is 0 Å². The van der Waals surface area contributed by atoms with Gasteiger partial charge in [0.15, 0.2) is 0 Å². The highest BCUT2D eigenvalue weighted by molar-refractivity contribution is 5.70. The Morgan fingerprint density at radius 3 is 2.62 bits per heavy atom. The van der Waals surface area contributed by atoms with E-state index in [1.807, 2.05) is 44.2 Å². The lowest BCUT2D eigenvalue weighted by Gasteiger charge is -2.08. The standard InChI is InChI=1S/C14H12N2/c1-10-5-6-12(9-15)8-14(10)13-4-3-7-16-11(13)2/h3-8H,1-2H3. The van der Waals surface area contributed by atoms with Crippen LogP contribution < -0.4 is 0 Å². The number of nitriles is 1. The van der Waals surface area contributed by atoms with Gasteiger partial charge in [0.25, 0.3) is 0 Å². The maximum Gasteiger partial charge on any atom is 0.0991 e. The molecule has 1 aromatic heterocycles. The molecule has 0 radical (unpaired) electrons. The number of aryl methyl sites for hydroxylation is 2. The van der Waals surface area contributed by atoms with E-state index >= 15 is 0 Å². The van der Waals surface area contributed by atoms with Crippen LogP contribution in [0.4, 0.5) is 0 Å². The second kappa shape index (κ2) is 4.16. The van der Waals surface area contributed by atoms with Crippen molar-refractivity contribution < 1.29 is 0 Å². The Labute approximate surface area is 95.2 Å². The number of rotatable bonds is 1. The molecular formula is C14H12N2. The van der Waals surface area contributed by atoms with Crippen molar-refractivity contribution in [1.29, 1.82) is 5.26 Å². The van der Waals surface area contributed by atoms with Crippen LogP contribution in [0.5, 0.6) is 0 Å². The second-order valence-electron chi connectivity index (χ2n) is 3.78. The van der Waals surface area contributed by atoms with Crippen molar-refractivity contribution in [2.24, 2.45) is 0 Å². The molecule has 0 aliphatic carbocycles. The zero-order valence-corrected chi connectivity index (χ0v) is 9.36. The molecule has 78 valence electrons. The molecule has 0 fully saturated rings. The number of hydrogen-bond acceptors (Lipinski definition) is 2. The molecule has 0 aliphatic heterocycles. The Morgan fingerprint density at radius 2 is 1.94 bits per heavy atom. The molecule has 0 spiro atoms. The fourth-order valence-electron chi connectivity index (χ4n) is 1.75. The van der Waals surface area contributed by atoms with Crippen LogP contribution in [0, 0.1) is 25.2 Å². The Hall–Kier alpha value is -2.14. The first-order chi connectivity index (χ1) is 7.72. The highest BCUT2D eigenvalue weighted by Crippen LogP contribution is 2.26. The predicted octanol–water partition coefficient (Wildman–Crippen LogP) is 3.24. The van der Waals surface area contributed by atoms with Crippen LogP contribution in [0.2, 0.25) is 0 Å². The molecule has 0 unspecified atom stereocenters. The predicted molar refractivity (Wildman–Crippen MR) is 63.9 cm³/mol. The summed E-state index contributed by atoms with van der Waals surface area (Å²) in [6.07, 6.45) is 1.78. The van der Waals surface area contributed by atoms with E-state index in [0.717, 1.165) is 22.4 Å². The van der Waals surface area contributed by atoms with Gasteiger partial charge in [-0.25, -0.2) is 0 Å². The quantitative estimate of drug-likeness (QED) is 0.721. The second-order valence-corrected chi connectivity index (χ2v) is 3.78. The lowest BCUT2D eigenvalue weighted by atomic mass is 9.97. The van der Waals surface area contributed by atoms with Crippen LogP contribution in [-0.4, -0.2) is 4.98 Å². The van der Waals surface area contributed by atoms with Gasteiger partial charge in [0.2, 0.25) is 0 Å². The van der Waals surface area contributed by atoms with E-state index in [4.69, 9.17) is 5.26 Å². The third kappa shape index (κ3) is 1.80. The summed E-state index contributed by atoms with van der Waals surface area (Å²) in [6.45, 7) is 4.02. The minimum absolute atomic E-state index is 0.684. The van der Waals surface area contributed by atoms with Crippen molar-refractivity contribution >= 4 is 0 Å². The summed E-state index contributed by atoms with van der Waals surface area (Å²) in [6, 6.07) is 11.8. The molecule has 0 bridgehead atoms. The van der Waals surface area contributed by atoms with Gasteiger partial charge >= 0.3 is 0 Å². The molecule has 2 aromatic rings. The topological polar surface area (TPSA) is 36.7 Å².